The minimum atomic E-state index is -0.585. The highest BCUT2D eigenvalue weighted by Crippen LogP contribution is 2.25. The van der Waals surface area contributed by atoms with Crippen LogP contribution in [-0.4, -0.2) is 20.5 Å². The van der Waals surface area contributed by atoms with E-state index in [-0.39, 0.29) is 22.3 Å². The third-order valence-electron chi connectivity index (χ3n) is 3.94. The number of hydrogen-bond donors (Lipinski definition) is 0. The number of nitro benzene ring substituents is 1. The van der Waals surface area contributed by atoms with Gasteiger partial charge in [0.05, 0.1) is 28.1 Å². The van der Waals surface area contributed by atoms with Gasteiger partial charge in [0.1, 0.15) is 10.8 Å². The predicted molar refractivity (Wildman–Crippen MR) is 99.7 cm³/mol. The molecule has 27 heavy (non-hydrogen) atoms. The predicted octanol–water partition coefficient (Wildman–Crippen LogP) is 4.78. The van der Waals surface area contributed by atoms with Gasteiger partial charge in [-0.05, 0) is 48.9 Å². The summed E-state index contributed by atoms with van der Waals surface area (Å²) in [5.41, 5.74) is 1.84. The molecular weight excluding hydrogens is 373 g/mol. The van der Waals surface area contributed by atoms with Crippen molar-refractivity contribution in [1.82, 2.24) is 9.78 Å². The lowest BCUT2D eigenvalue weighted by atomic mass is 10.1. The number of halogens is 2. The first-order chi connectivity index (χ1) is 12.9. The summed E-state index contributed by atoms with van der Waals surface area (Å²) in [6, 6.07) is 10.0. The Labute approximate surface area is 158 Å². The van der Waals surface area contributed by atoms with Crippen LogP contribution in [0.15, 0.2) is 54.7 Å². The van der Waals surface area contributed by atoms with Crippen molar-refractivity contribution in [2.45, 2.75) is 6.92 Å². The number of allylic oxidation sites excluding steroid dienone is 1. The number of aromatic nitrogens is 2. The van der Waals surface area contributed by atoms with E-state index in [1.807, 2.05) is 0 Å². The highest BCUT2D eigenvalue weighted by atomic mass is 35.5. The molecule has 3 rings (SSSR count). The summed E-state index contributed by atoms with van der Waals surface area (Å²) in [5, 5.41) is 15.1. The number of nitro groups is 1. The van der Waals surface area contributed by atoms with Crippen LogP contribution in [0.4, 0.5) is 10.1 Å². The Balaban J connectivity index is 1.85. The van der Waals surface area contributed by atoms with Crippen LogP contribution >= 0.6 is 11.6 Å². The second-order valence-electron chi connectivity index (χ2n) is 5.70. The first kappa shape index (κ1) is 18.5. The smallest absolute Gasteiger partial charge is 0.288 e. The monoisotopic (exact) mass is 385 g/mol. The third-order valence-corrected chi connectivity index (χ3v) is 4.26. The van der Waals surface area contributed by atoms with E-state index in [4.69, 9.17) is 11.6 Å². The van der Waals surface area contributed by atoms with Crippen molar-refractivity contribution in [3.63, 3.8) is 0 Å². The molecule has 1 aromatic heterocycles. The Morgan fingerprint density at radius 2 is 1.96 bits per heavy atom. The molecule has 6 nitrogen and oxygen atoms in total. The van der Waals surface area contributed by atoms with Crippen LogP contribution in [0.25, 0.3) is 11.8 Å². The lowest BCUT2D eigenvalue weighted by molar-refractivity contribution is -0.384. The molecule has 8 heteroatoms. The number of ketones is 1. The maximum atomic E-state index is 13.1. The number of benzene rings is 2. The summed E-state index contributed by atoms with van der Waals surface area (Å²) < 4.78 is 14.6. The van der Waals surface area contributed by atoms with Gasteiger partial charge in [-0.2, -0.15) is 5.10 Å². The molecule has 0 aliphatic carbocycles. The Morgan fingerprint density at radius 3 is 2.63 bits per heavy atom. The molecule has 3 aromatic rings. The van der Waals surface area contributed by atoms with Gasteiger partial charge >= 0.3 is 0 Å². The first-order valence-electron chi connectivity index (χ1n) is 7.84. The molecule has 1 heterocycles. The van der Waals surface area contributed by atoms with E-state index in [1.54, 1.807) is 25.1 Å². The van der Waals surface area contributed by atoms with E-state index in [0.717, 1.165) is 0 Å². The molecule has 0 saturated heterocycles. The molecule has 0 bridgehead atoms. The van der Waals surface area contributed by atoms with Crippen molar-refractivity contribution in [3.05, 3.63) is 92.5 Å². The van der Waals surface area contributed by atoms with E-state index >= 15 is 0 Å². The Kier molecular flexibility index (Phi) is 5.14. The highest BCUT2D eigenvalue weighted by molar-refractivity contribution is 6.32. The van der Waals surface area contributed by atoms with Crippen molar-refractivity contribution >= 4 is 29.1 Å². The van der Waals surface area contributed by atoms with Crippen molar-refractivity contribution in [1.29, 1.82) is 0 Å². The molecule has 0 atom stereocenters. The minimum Gasteiger partial charge on any atom is -0.289 e. The van der Waals surface area contributed by atoms with Gasteiger partial charge in [-0.1, -0.05) is 23.7 Å². The summed E-state index contributed by atoms with van der Waals surface area (Å²) in [4.78, 5) is 22.8. The van der Waals surface area contributed by atoms with Crippen LogP contribution in [0.1, 0.15) is 21.6 Å². The fourth-order valence-corrected chi connectivity index (χ4v) is 2.72. The Bertz CT molecular complexity index is 1060. The van der Waals surface area contributed by atoms with E-state index in [9.17, 15) is 19.3 Å². The van der Waals surface area contributed by atoms with Gasteiger partial charge in [0.25, 0.3) is 5.69 Å². The van der Waals surface area contributed by atoms with Gasteiger partial charge in [0.2, 0.25) is 0 Å². The first-order valence-corrected chi connectivity index (χ1v) is 8.21. The summed E-state index contributed by atoms with van der Waals surface area (Å²) >= 11 is 5.77. The summed E-state index contributed by atoms with van der Waals surface area (Å²) in [6.45, 7) is 1.73. The van der Waals surface area contributed by atoms with Crippen molar-refractivity contribution in [2.75, 3.05) is 0 Å². The van der Waals surface area contributed by atoms with Crippen LogP contribution in [0.3, 0.4) is 0 Å². The lowest BCUT2D eigenvalue weighted by Crippen LogP contribution is -2.01. The average Bonchev–Trinajstić information content (AvgIpc) is 3.02. The molecule has 0 amide bonds. The highest BCUT2D eigenvalue weighted by Gasteiger charge is 2.14. The van der Waals surface area contributed by atoms with Crippen LogP contribution in [0.2, 0.25) is 5.02 Å². The Morgan fingerprint density at radius 1 is 1.26 bits per heavy atom. The summed E-state index contributed by atoms with van der Waals surface area (Å²) in [7, 11) is 0. The quantitative estimate of drug-likeness (QED) is 0.274. The second-order valence-corrected chi connectivity index (χ2v) is 6.10. The molecule has 136 valence electrons. The number of rotatable bonds is 5. The molecule has 0 saturated carbocycles. The van der Waals surface area contributed by atoms with Crippen LogP contribution in [-0.2, 0) is 0 Å². The Hall–Kier alpha value is -3.32. The van der Waals surface area contributed by atoms with Gasteiger partial charge in [-0.3, -0.25) is 14.9 Å². The number of nitrogens with zero attached hydrogens (tertiary/aromatic N) is 3. The fraction of sp³-hybridized carbons (Fsp3) is 0.0526. The summed E-state index contributed by atoms with van der Waals surface area (Å²) in [5.74, 6) is -0.668. The topological polar surface area (TPSA) is 78.0 Å². The molecular formula is C19H13ClFN3O3. The van der Waals surface area contributed by atoms with Gasteiger partial charge in [0.15, 0.2) is 5.78 Å². The number of carbonyl (C=O) groups is 1. The molecule has 2 aromatic carbocycles. The maximum absolute atomic E-state index is 13.1. The zero-order valence-corrected chi connectivity index (χ0v) is 14.9. The molecule has 0 spiro atoms. The number of carbonyl (C=O) groups excluding carboxylic acids is 1. The largest absolute Gasteiger partial charge is 0.289 e. The van der Waals surface area contributed by atoms with Crippen molar-refractivity contribution in [3.8, 4) is 5.69 Å². The normalized spacial score (nSPS) is 11.1. The molecule has 0 unspecified atom stereocenters. The van der Waals surface area contributed by atoms with Gasteiger partial charge in [-0.25, -0.2) is 9.07 Å². The molecule has 0 radical (unpaired) electrons. The van der Waals surface area contributed by atoms with E-state index in [2.05, 4.69) is 5.10 Å². The van der Waals surface area contributed by atoms with Gasteiger partial charge in [-0.15, -0.1) is 0 Å². The SMILES string of the molecule is Cc1c(C(=O)/C=C/c2ccc(Cl)c([N+](=O)[O-])c2)cnn1-c1ccc(F)cc1. The fourth-order valence-electron chi connectivity index (χ4n) is 2.53. The maximum Gasteiger partial charge on any atom is 0.288 e. The zero-order valence-electron chi connectivity index (χ0n) is 14.1. The number of hydrogen-bond acceptors (Lipinski definition) is 4. The van der Waals surface area contributed by atoms with Crippen molar-refractivity contribution < 1.29 is 14.1 Å². The molecule has 0 aliphatic rings. The van der Waals surface area contributed by atoms with E-state index < -0.39 is 4.92 Å². The second kappa shape index (κ2) is 7.51. The molecule has 0 fully saturated rings. The zero-order chi connectivity index (χ0) is 19.6. The third kappa shape index (κ3) is 3.93. The van der Waals surface area contributed by atoms with Crippen LogP contribution < -0.4 is 0 Å². The lowest BCUT2D eigenvalue weighted by Gasteiger charge is -2.04. The average molecular weight is 386 g/mol. The molecule has 0 N–H and O–H groups in total. The van der Waals surface area contributed by atoms with Crippen LogP contribution in [0.5, 0.6) is 0 Å². The molecule has 0 aliphatic heterocycles. The van der Waals surface area contributed by atoms with Crippen LogP contribution in [0, 0.1) is 22.9 Å². The van der Waals surface area contributed by atoms with E-state index in [0.29, 0.717) is 22.5 Å². The minimum absolute atomic E-state index is 0.0277. The summed E-state index contributed by atoms with van der Waals surface area (Å²) in [6.07, 6.45) is 4.21. The van der Waals surface area contributed by atoms with E-state index in [1.165, 1.54) is 47.3 Å². The van der Waals surface area contributed by atoms with Gasteiger partial charge < -0.3 is 0 Å². The van der Waals surface area contributed by atoms with Gasteiger partial charge in [0, 0.05) is 6.07 Å². The van der Waals surface area contributed by atoms with Crippen molar-refractivity contribution in [2.24, 2.45) is 0 Å². The standard InChI is InChI=1S/C19H13ClFN3O3/c1-12-16(11-22-23(12)15-6-4-14(21)5-7-15)19(25)9-3-13-2-8-17(20)18(10-13)24(26)27/h2-11H,1H3/b9-3+.